The number of carbonyl (C=O) groups excluding carboxylic acids is 2. The van der Waals surface area contributed by atoms with Crippen molar-refractivity contribution in [3.63, 3.8) is 0 Å². The van der Waals surface area contributed by atoms with Crippen LogP contribution in [0.1, 0.15) is 16.9 Å². The number of methoxy groups -OCH3 is 1. The average Bonchev–Trinajstić information content (AvgIpc) is 2.81. The second kappa shape index (κ2) is 6.98. The van der Waals surface area contributed by atoms with E-state index in [0.717, 1.165) is 10.9 Å². The van der Waals surface area contributed by atoms with E-state index >= 15 is 0 Å². The predicted octanol–water partition coefficient (Wildman–Crippen LogP) is 0.176. The molecule has 0 aliphatic carbocycles. The third-order valence-electron chi connectivity index (χ3n) is 2.18. The Morgan fingerprint density at radius 3 is 2.75 bits per heavy atom. The molecule has 1 N–H and O–H groups in total. The fourth-order valence-electron chi connectivity index (χ4n) is 1.27. The van der Waals surface area contributed by atoms with Crippen molar-refractivity contribution in [3.8, 4) is 0 Å². The van der Waals surface area contributed by atoms with Crippen LogP contribution in [0.5, 0.6) is 0 Å². The number of ether oxygens (including phenoxy) is 1. The van der Waals surface area contributed by atoms with Crippen LogP contribution in [0.15, 0.2) is 6.20 Å². The number of rotatable bonds is 7. The highest BCUT2D eigenvalue weighted by atomic mass is 19.4. The molecule has 1 rings (SSSR count). The summed E-state index contributed by atoms with van der Waals surface area (Å²) in [6.45, 7) is 0.536. The molecule has 0 atom stereocenters. The quantitative estimate of drug-likeness (QED) is 0.572. The van der Waals surface area contributed by atoms with Crippen LogP contribution in [-0.2, 0) is 16.1 Å². The number of hydrogen-bond acceptors (Lipinski definition) is 5. The zero-order valence-corrected chi connectivity index (χ0v) is 10.6. The van der Waals surface area contributed by atoms with Gasteiger partial charge in [0.1, 0.15) is 6.54 Å². The van der Waals surface area contributed by atoms with Gasteiger partial charge in [-0.1, -0.05) is 5.21 Å². The highest BCUT2D eigenvalue weighted by Crippen LogP contribution is 2.19. The lowest BCUT2D eigenvalue weighted by Crippen LogP contribution is -2.29. The number of nitrogens with zero attached hydrogens (tertiary/aromatic N) is 3. The van der Waals surface area contributed by atoms with E-state index in [1.54, 1.807) is 0 Å². The molecule has 1 heterocycles. The highest BCUT2D eigenvalue weighted by Gasteiger charge is 2.41. The minimum Gasteiger partial charge on any atom is -0.385 e. The summed E-state index contributed by atoms with van der Waals surface area (Å²) in [5.74, 6) is -2.54. The minimum atomic E-state index is -5.01. The van der Waals surface area contributed by atoms with Gasteiger partial charge in [0.15, 0.2) is 5.69 Å². The number of hydrogen-bond donors (Lipinski definition) is 1. The maximum atomic E-state index is 12.1. The molecule has 0 aliphatic heterocycles. The maximum absolute atomic E-state index is 12.1. The van der Waals surface area contributed by atoms with Gasteiger partial charge >= 0.3 is 6.18 Å². The molecule has 7 nitrogen and oxygen atoms in total. The number of amides is 1. The average molecular weight is 294 g/mol. The Bertz CT molecular complexity index is 473. The third kappa shape index (κ3) is 4.96. The topological polar surface area (TPSA) is 86.1 Å². The first-order valence-electron chi connectivity index (χ1n) is 5.62. The van der Waals surface area contributed by atoms with Crippen LogP contribution in [0.2, 0.25) is 0 Å². The van der Waals surface area contributed by atoms with Crippen molar-refractivity contribution in [1.82, 2.24) is 20.3 Å². The van der Waals surface area contributed by atoms with E-state index in [4.69, 9.17) is 4.74 Å². The van der Waals surface area contributed by atoms with Crippen molar-refractivity contribution in [3.05, 3.63) is 11.9 Å². The molecule has 0 fully saturated rings. The zero-order chi connectivity index (χ0) is 15.2. The molecule has 0 aromatic carbocycles. The van der Waals surface area contributed by atoms with Gasteiger partial charge in [-0.15, -0.1) is 5.10 Å². The normalized spacial score (nSPS) is 11.4. The summed E-state index contributed by atoms with van der Waals surface area (Å²) in [4.78, 5) is 22.3. The van der Waals surface area contributed by atoms with Crippen LogP contribution in [-0.4, -0.2) is 53.1 Å². The first-order chi connectivity index (χ1) is 9.34. The van der Waals surface area contributed by atoms with Gasteiger partial charge in [0.05, 0.1) is 6.20 Å². The number of ketones is 1. The summed E-state index contributed by atoms with van der Waals surface area (Å²) in [5, 5.41) is 8.90. The summed E-state index contributed by atoms with van der Waals surface area (Å²) in [7, 11) is 1.52. The van der Waals surface area contributed by atoms with Crippen LogP contribution in [0.4, 0.5) is 13.2 Å². The summed E-state index contributed by atoms with van der Waals surface area (Å²) < 4.78 is 42.0. The maximum Gasteiger partial charge on any atom is 0.456 e. The lowest BCUT2D eigenvalue weighted by atomic mass is 10.3. The fraction of sp³-hybridized carbons (Fsp3) is 0.600. The van der Waals surface area contributed by atoms with Crippen molar-refractivity contribution in [2.75, 3.05) is 20.3 Å². The van der Waals surface area contributed by atoms with Crippen LogP contribution in [0, 0.1) is 0 Å². The second-order valence-electron chi connectivity index (χ2n) is 3.82. The minimum absolute atomic E-state index is 0.314. The Morgan fingerprint density at radius 1 is 1.45 bits per heavy atom. The van der Waals surface area contributed by atoms with Crippen molar-refractivity contribution < 1.29 is 27.5 Å². The number of aromatic nitrogens is 3. The monoisotopic (exact) mass is 294 g/mol. The molecule has 0 aliphatic rings. The Morgan fingerprint density at radius 2 is 2.15 bits per heavy atom. The first-order valence-corrected chi connectivity index (χ1v) is 5.62. The number of alkyl halides is 3. The molecule has 0 unspecified atom stereocenters. The molecule has 0 bridgehead atoms. The van der Waals surface area contributed by atoms with Crippen LogP contribution < -0.4 is 5.32 Å². The van der Waals surface area contributed by atoms with Gasteiger partial charge in [0, 0.05) is 20.3 Å². The molecule has 0 radical (unpaired) electrons. The van der Waals surface area contributed by atoms with Gasteiger partial charge in [-0.3, -0.25) is 9.59 Å². The first kappa shape index (κ1) is 16.1. The fourth-order valence-corrected chi connectivity index (χ4v) is 1.27. The van der Waals surface area contributed by atoms with Crippen molar-refractivity contribution in [1.29, 1.82) is 0 Å². The van der Waals surface area contributed by atoms with Crippen LogP contribution in [0.3, 0.4) is 0 Å². The predicted molar refractivity (Wildman–Crippen MR) is 59.9 cm³/mol. The van der Waals surface area contributed by atoms with E-state index in [1.807, 2.05) is 0 Å². The molecule has 0 spiro atoms. The Kier molecular flexibility index (Phi) is 5.62. The lowest BCUT2D eigenvalue weighted by Gasteiger charge is -2.04. The molecule has 0 saturated carbocycles. The smallest absolute Gasteiger partial charge is 0.385 e. The summed E-state index contributed by atoms with van der Waals surface area (Å²) >= 11 is 0. The molecular weight excluding hydrogens is 281 g/mol. The molecule has 1 aromatic heterocycles. The number of carbonyl (C=O) groups is 2. The standard InChI is InChI=1S/C10H13F3N4O3/c1-20-4-2-3-14-8(18)6-17-5-7(15-16-17)9(19)10(11,12)13/h5H,2-4,6H2,1H3,(H,14,18). The number of Topliss-reactive ketones (excluding diaryl/α,β-unsaturated/α-hetero) is 1. The van der Waals surface area contributed by atoms with E-state index in [9.17, 15) is 22.8 Å². The van der Waals surface area contributed by atoms with Crippen LogP contribution in [0.25, 0.3) is 0 Å². The summed E-state index contributed by atoms with van der Waals surface area (Å²) in [6, 6.07) is 0. The molecular formula is C10H13F3N4O3. The van der Waals surface area contributed by atoms with E-state index in [-0.39, 0.29) is 6.54 Å². The zero-order valence-electron chi connectivity index (χ0n) is 10.6. The largest absolute Gasteiger partial charge is 0.456 e. The van der Waals surface area contributed by atoms with E-state index in [1.165, 1.54) is 7.11 Å². The molecule has 1 aromatic rings. The van der Waals surface area contributed by atoms with Crippen molar-refractivity contribution in [2.24, 2.45) is 0 Å². The Labute approximate surface area is 112 Å². The van der Waals surface area contributed by atoms with E-state index in [2.05, 4.69) is 15.6 Å². The van der Waals surface area contributed by atoms with Crippen molar-refractivity contribution >= 4 is 11.7 Å². The van der Waals surface area contributed by atoms with E-state index in [0.29, 0.717) is 19.6 Å². The molecule has 20 heavy (non-hydrogen) atoms. The van der Waals surface area contributed by atoms with Gasteiger partial charge < -0.3 is 10.1 Å². The van der Waals surface area contributed by atoms with Gasteiger partial charge in [-0.2, -0.15) is 13.2 Å². The number of nitrogens with one attached hydrogen (secondary N) is 1. The van der Waals surface area contributed by atoms with Crippen molar-refractivity contribution in [2.45, 2.75) is 19.1 Å². The third-order valence-corrected chi connectivity index (χ3v) is 2.18. The van der Waals surface area contributed by atoms with Gasteiger partial charge in [0.25, 0.3) is 5.78 Å². The second-order valence-corrected chi connectivity index (χ2v) is 3.82. The SMILES string of the molecule is COCCCNC(=O)Cn1cc(C(=O)C(F)(F)F)nn1. The summed E-state index contributed by atoms with van der Waals surface area (Å²) in [6.07, 6.45) is -3.62. The lowest BCUT2D eigenvalue weighted by molar-refractivity contribution is -0.121. The van der Waals surface area contributed by atoms with Crippen LogP contribution >= 0.6 is 0 Å². The molecule has 0 saturated heterocycles. The Balaban J connectivity index is 2.48. The number of halogens is 3. The molecule has 10 heteroatoms. The molecule has 1 amide bonds. The summed E-state index contributed by atoms with van der Waals surface area (Å²) in [5.41, 5.74) is -0.843. The van der Waals surface area contributed by atoms with Gasteiger partial charge in [-0.25, -0.2) is 4.68 Å². The Hall–Kier alpha value is -1.97. The van der Waals surface area contributed by atoms with E-state index < -0.39 is 23.6 Å². The van der Waals surface area contributed by atoms with Gasteiger partial charge in [0.2, 0.25) is 5.91 Å². The van der Waals surface area contributed by atoms with Gasteiger partial charge in [-0.05, 0) is 6.42 Å². The highest BCUT2D eigenvalue weighted by molar-refractivity contribution is 5.98. The molecule has 112 valence electrons.